The van der Waals surface area contributed by atoms with Gasteiger partial charge in [-0.2, -0.15) is 0 Å². The zero-order valence-electron chi connectivity index (χ0n) is 11.0. The van der Waals surface area contributed by atoms with Crippen molar-refractivity contribution in [3.05, 3.63) is 12.2 Å². The van der Waals surface area contributed by atoms with E-state index in [9.17, 15) is 4.79 Å². The lowest BCUT2D eigenvalue weighted by atomic mass is 10.1. The molecule has 0 rings (SSSR count). The molecular weight excluding hydrogens is 287 g/mol. The number of carbonyl (C=O) groups excluding carboxylic acids is 1. The highest BCUT2D eigenvalue weighted by Gasteiger charge is 2.02. The van der Waals surface area contributed by atoms with Crippen LogP contribution in [0.1, 0.15) is 45.4 Å². The summed E-state index contributed by atoms with van der Waals surface area (Å²) in [7, 11) is 0.660. The summed E-state index contributed by atoms with van der Waals surface area (Å²) in [5.74, 6) is -0.285. The predicted molar refractivity (Wildman–Crippen MR) is 79.5 cm³/mol. The summed E-state index contributed by atoms with van der Waals surface area (Å²) in [6.45, 7) is 5.70. The second kappa shape index (κ2) is 12.1. The maximum Gasteiger partial charge on any atom is 0.333 e. The summed E-state index contributed by atoms with van der Waals surface area (Å²) < 4.78 is 4.82. The first-order valence-corrected chi connectivity index (χ1v) is 8.54. The minimum Gasteiger partial charge on any atom is -0.462 e. The normalized spacial score (nSPS) is 10.7. The quantitative estimate of drug-likeness (QED) is 0.187. The topological polar surface area (TPSA) is 26.3 Å². The van der Waals surface area contributed by atoms with Crippen LogP contribution in [-0.2, 0) is 9.53 Å². The number of alkyl halides is 2. The van der Waals surface area contributed by atoms with Crippen molar-refractivity contribution in [2.75, 3.05) is 6.61 Å². The third-order valence-electron chi connectivity index (χ3n) is 2.45. The number of hydrogen-bond donors (Lipinski definition) is 0. The molecule has 0 saturated carbocycles. The fourth-order valence-electron chi connectivity index (χ4n) is 1.43. The lowest BCUT2D eigenvalue weighted by Gasteiger charge is -2.04. The zero-order chi connectivity index (χ0) is 13.8. The van der Waals surface area contributed by atoms with Crippen molar-refractivity contribution >= 4 is 38.7 Å². The molecule has 0 heterocycles. The van der Waals surface area contributed by atoms with E-state index in [2.05, 4.69) is 6.58 Å². The van der Waals surface area contributed by atoms with Gasteiger partial charge in [0.1, 0.15) is 0 Å². The van der Waals surface area contributed by atoms with E-state index in [1.807, 2.05) is 0 Å². The summed E-state index contributed by atoms with van der Waals surface area (Å²) in [6, 6.07) is 1.13. The molecule has 0 spiro atoms. The summed E-state index contributed by atoms with van der Waals surface area (Å²) in [4.78, 5) is 11.1. The van der Waals surface area contributed by atoms with E-state index in [1.165, 1.54) is 25.7 Å². The number of unbranched alkanes of at least 4 members (excludes halogenated alkanes) is 5. The Kier molecular flexibility index (Phi) is 12.1. The molecule has 0 unspecified atom stereocenters. The van der Waals surface area contributed by atoms with Gasteiger partial charge in [0.25, 0.3) is 0 Å². The third kappa shape index (κ3) is 12.5. The molecule has 5 heteroatoms. The van der Waals surface area contributed by atoms with Gasteiger partial charge in [-0.15, -0.1) is 23.2 Å². The van der Waals surface area contributed by atoms with Crippen LogP contribution in [0.4, 0.5) is 0 Å². The van der Waals surface area contributed by atoms with Crippen LogP contribution < -0.4 is 0 Å². The van der Waals surface area contributed by atoms with Crippen LogP contribution in [0.2, 0.25) is 6.04 Å². The minimum absolute atomic E-state index is 0.187. The van der Waals surface area contributed by atoms with E-state index in [-0.39, 0.29) is 10.4 Å². The lowest BCUT2D eigenvalue weighted by molar-refractivity contribution is -0.139. The Morgan fingerprint density at radius 3 is 2.28 bits per heavy atom. The molecule has 0 aliphatic heterocycles. The Hall–Kier alpha value is 0.00688. The summed E-state index contributed by atoms with van der Waals surface area (Å²) in [5.41, 5.74) is 0.465. The Balaban J connectivity index is 3.12. The second-order valence-corrected chi connectivity index (χ2v) is 7.61. The molecule has 0 aromatic rings. The van der Waals surface area contributed by atoms with Gasteiger partial charge in [-0.25, -0.2) is 4.79 Å². The standard InChI is InChI=1S/C13H22Cl2O2Si/c1-11(2)12(16)17-9-7-5-3-4-6-8-10-18-13(14)15/h13H,1,3-10H2,2H3. The monoisotopic (exact) mass is 308 g/mol. The molecule has 0 fully saturated rings. The summed E-state index contributed by atoms with van der Waals surface area (Å²) in [5, 5.41) is 0. The van der Waals surface area contributed by atoms with Crippen LogP contribution in [0.25, 0.3) is 0 Å². The first-order chi connectivity index (χ1) is 8.54. The molecule has 0 aliphatic carbocycles. The van der Waals surface area contributed by atoms with Crippen LogP contribution in [0, 0.1) is 0 Å². The Morgan fingerprint density at radius 2 is 1.72 bits per heavy atom. The Bertz CT molecular complexity index is 245. The fourth-order valence-corrected chi connectivity index (χ4v) is 2.76. The van der Waals surface area contributed by atoms with Gasteiger partial charge in [0.05, 0.1) is 20.6 Å². The van der Waals surface area contributed by atoms with Crippen LogP contribution in [0.15, 0.2) is 12.2 Å². The maximum atomic E-state index is 11.1. The van der Waals surface area contributed by atoms with E-state index in [1.54, 1.807) is 6.92 Å². The van der Waals surface area contributed by atoms with Gasteiger partial charge in [0.15, 0.2) is 0 Å². The minimum atomic E-state index is -0.285. The smallest absolute Gasteiger partial charge is 0.333 e. The number of esters is 1. The molecule has 0 amide bonds. The van der Waals surface area contributed by atoms with E-state index in [0.717, 1.165) is 18.9 Å². The SMILES string of the molecule is C=C(C)C(=O)OCCCCCCCC[Si]C(Cl)Cl. The van der Waals surface area contributed by atoms with Crippen molar-refractivity contribution in [3.8, 4) is 0 Å². The molecular formula is C13H22Cl2O2Si. The second-order valence-electron chi connectivity index (χ2n) is 4.29. The Morgan fingerprint density at radius 1 is 1.17 bits per heavy atom. The average molecular weight is 309 g/mol. The van der Waals surface area contributed by atoms with Gasteiger partial charge >= 0.3 is 5.97 Å². The first-order valence-electron chi connectivity index (χ1n) is 6.38. The fraction of sp³-hybridized carbons (Fsp3) is 0.769. The predicted octanol–water partition coefficient (Wildman–Crippen LogP) is 4.33. The molecule has 2 nitrogen and oxygen atoms in total. The van der Waals surface area contributed by atoms with E-state index < -0.39 is 0 Å². The third-order valence-corrected chi connectivity index (χ3v) is 4.33. The highest BCUT2D eigenvalue weighted by atomic mass is 35.5. The number of carbonyl (C=O) groups is 1. The van der Waals surface area contributed by atoms with Gasteiger partial charge in [-0.05, 0) is 13.3 Å². The molecule has 0 N–H and O–H groups in total. The van der Waals surface area contributed by atoms with E-state index in [4.69, 9.17) is 27.9 Å². The lowest BCUT2D eigenvalue weighted by Crippen LogP contribution is -2.06. The molecule has 104 valence electrons. The first kappa shape index (κ1) is 18.0. The maximum absolute atomic E-state index is 11.1. The van der Waals surface area contributed by atoms with Crippen molar-refractivity contribution < 1.29 is 9.53 Å². The molecule has 0 bridgehead atoms. The van der Waals surface area contributed by atoms with Crippen molar-refractivity contribution in [1.29, 1.82) is 0 Å². The number of ether oxygens (including phenoxy) is 1. The van der Waals surface area contributed by atoms with E-state index >= 15 is 0 Å². The summed E-state index contributed by atoms with van der Waals surface area (Å²) in [6.07, 6.45) is 6.91. The summed E-state index contributed by atoms with van der Waals surface area (Å²) >= 11 is 11.3. The van der Waals surface area contributed by atoms with Crippen molar-refractivity contribution in [2.45, 2.75) is 56.0 Å². The van der Waals surface area contributed by atoms with Crippen molar-refractivity contribution in [3.63, 3.8) is 0 Å². The van der Waals surface area contributed by atoms with Crippen LogP contribution in [-0.4, -0.2) is 26.6 Å². The van der Waals surface area contributed by atoms with Gasteiger partial charge in [-0.1, -0.05) is 44.7 Å². The molecule has 0 atom stereocenters. The van der Waals surface area contributed by atoms with Gasteiger partial charge in [0, 0.05) is 5.57 Å². The molecule has 0 aromatic carbocycles. The molecule has 0 aliphatic rings. The largest absolute Gasteiger partial charge is 0.462 e. The molecule has 2 radical (unpaired) electrons. The molecule has 0 aromatic heterocycles. The van der Waals surface area contributed by atoms with Crippen LogP contribution in [0.3, 0.4) is 0 Å². The Labute approximate surface area is 123 Å². The number of hydrogen-bond acceptors (Lipinski definition) is 2. The van der Waals surface area contributed by atoms with Crippen LogP contribution in [0.5, 0.6) is 0 Å². The molecule has 18 heavy (non-hydrogen) atoms. The van der Waals surface area contributed by atoms with Gasteiger partial charge in [-0.3, -0.25) is 0 Å². The zero-order valence-corrected chi connectivity index (χ0v) is 13.5. The van der Waals surface area contributed by atoms with Gasteiger partial charge in [0.2, 0.25) is 0 Å². The van der Waals surface area contributed by atoms with Gasteiger partial charge < -0.3 is 4.74 Å². The number of halogens is 2. The van der Waals surface area contributed by atoms with Crippen molar-refractivity contribution in [1.82, 2.24) is 0 Å². The number of rotatable bonds is 11. The highest BCUT2D eigenvalue weighted by Crippen LogP contribution is 2.10. The molecule has 0 saturated heterocycles. The van der Waals surface area contributed by atoms with Crippen LogP contribution >= 0.6 is 23.2 Å². The average Bonchev–Trinajstić information content (AvgIpc) is 2.30. The van der Waals surface area contributed by atoms with E-state index in [0.29, 0.717) is 21.7 Å². The highest BCUT2D eigenvalue weighted by molar-refractivity contribution is 6.68. The van der Waals surface area contributed by atoms with Crippen molar-refractivity contribution in [2.24, 2.45) is 0 Å².